The Kier molecular flexibility index (Phi) is 3.95. The van der Waals surface area contributed by atoms with E-state index in [9.17, 15) is 9.59 Å². The van der Waals surface area contributed by atoms with Gasteiger partial charge in [0.1, 0.15) is 12.2 Å². The Morgan fingerprint density at radius 1 is 1.15 bits per heavy atom. The zero-order valence-electron chi connectivity index (χ0n) is 14.9. The van der Waals surface area contributed by atoms with Crippen molar-refractivity contribution in [3.05, 3.63) is 48.0 Å². The van der Waals surface area contributed by atoms with Gasteiger partial charge in [0.2, 0.25) is 0 Å². The minimum atomic E-state index is -1.02. The lowest BCUT2D eigenvalue weighted by Crippen LogP contribution is -2.10. The Morgan fingerprint density at radius 2 is 1.96 bits per heavy atom. The minimum absolute atomic E-state index is 0.213. The molecule has 0 fully saturated rings. The molecule has 136 valence electrons. The van der Waals surface area contributed by atoms with Crippen molar-refractivity contribution in [3.8, 4) is 11.1 Å². The molecule has 0 amide bonds. The molecule has 8 nitrogen and oxygen atoms in total. The lowest BCUT2D eigenvalue weighted by molar-refractivity contribution is -0.137. The largest absolute Gasteiger partial charge is 0.480 e. The summed E-state index contributed by atoms with van der Waals surface area (Å²) in [5.41, 5.74) is 4.29. The van der Waals surface area contributed by atoms with Crippen LogP contribution in [0.5, 0.6) is 0 Å². The van der Waals surface area contributed by atoms with Crippen LogP contribution in [0.15, 0.2) is 36.7 Å². The Labute approximate surface area is 154 Å². The second kappa shape index (κ2) is 6.31. The fraction of sp³-hybridized carbons (Fsp3) is 0.211. The maximum absolute atomic E-state index is 12.0. The number of aryl methyl sites for hydroxylation is 1. The van der Waals surface area contributed by atoms with Crippen molar-refractivity contribution >= 4 is 28.3 Å². The topological polar surface area (TPSA) is 102 Å². The molecule has 8 heteroatoms. The van der Waals surface area contributed by atoms with Crippen molar-refractivity contribution in [2.75, 3.05) is 0 Å². The number of carboxylic acid groups (broad SMARTS) is 1. The zero-order chi connectivity index (χ0) is 19.1. The van der Waals surface area contributed by atoms with E-state index in [-0.39, 0.29) is 18.0 Å². The number of rotatable bonds is 5. The highest BCUT2D eigenvalue weighted by molar-refractivity contribution is 6.06. The highest BCUT2D eigenvalue weighted by Crippen LogP contribution is 2.27. The van der Waals surface area contributed by atoms with Gasteiger partial charge in [0.15, 0.2) is 11.4 Å². The number of nitrogens with zero attached hydrogens (tertiary/aromatic N) is 5. The van der Waals surface area contributed by atoms with Crippen LogP contribution in [0.1, 0.15) is 30.0 Å². The monoisotopic (exact) mass is 363 g/mol. The molecule has 0 saturated heterocycles. The second-order valence-electron chi connectivity index (χ2n) is 6.32. The Morgan fingerprint density at radius 3 is 2.67 bits per heavy atom. The number of Topliss-reactive ketones (excluding diaryl/α,β-unsaturated/α-hetero) is 1. The quantitative estimate of drug-likeness (QED) is 0.547. The van der Waals surface area contributed by atoms with E-state index in [1.165, 1.54) is 11.6 Å². The molecule has 0 unspecified atom stereocenters. The third-order valence-electron chi connectivity index (χ3n) is 4.43. The molecule has 27 heavy (non-hydrogen) atoms. The molecule has 0 aliphatic rings. The van der Waals surface area contributed by atoms with E-state index in [1.54, 1.807) is 16.8 Å². The summed E-state index contributed by atoms with van der Waals surface area (Å²) in [6.07, 6.45) is 4.47. The van der Waals surface area contributed by atoms with Crippen molar-refractivity contribution < 1.29 is 14.7 Å². The van der Waals surface area contributed by atoms with E-state index in [2.05, 4.69) is 15.2 Å². The van der Waals surface area contributed by atoms with E-state index in [0.717, 1.165) is 28.9 Å². The number of ketones is 1. The van der Waals surface area contributed by atoms with E-state index in [0.29, 0.717) is 10.9 Å². The van der Waals surface area contributed by atoms with Crippen LogP contribution in [0.3, 0.4) is 0 Å². The fourth-order valence-electron chi connectivity index (χ4n) is 3.12. The summed E-state index contributed by atoms with van der Waals surface area (Å²) < 4.78 is 3.07. The number of hydrogen-bond acceptors (Lipinski definition) is 5. The van der Waals surface area contributed by atoms with Crippen LogP contribution in [0.4, 0.5) is 0 Å². The van der Waals surface area contributed by atoms with Gasteiger partial charge in [0.25, 0.3) is 0 Å². The van der Waals surface area contributed by atoms with Crippen molar-refractivity contribution in [3.63, 3.8) is 0 Å². The summed E-state index contributed by atoms with van der Waals surface area (Å²) in [6.45, 7) is 3.15. The molecule has 0 spiro atoms. The van der Waals surface area contributed by atoms with Gasteiger partial charge in [-0.3, -0.25) is 14.3 Å². The molecule has 4 rings (SSSR count). The molecular weight excluding hydrogens is 346 g/mol. The molecule has 0 atom stereocenters. The van der Waals surface area contributed by atoms with Gasteiger partial charge in [-0.05, 0) is 24.1 Å². The van der Waals surface area contributed by atoms with Crippen LogP contribution >= 0.6 is 0 Å². The lowest BCUT2D eigenvalue weighted by Gasteiger charge is -2.04. The van der Waals surface area contributed by atoms with Gasteiger partial charge in [-0.15, -0.1) is 0 Å². The van der Waals surface area contributed by atoms with Gasteiger partial charge >= 0.3 is 5.97 Å². The first kappa shape index (κ1) is 16.9. The summed E-state index contributed by atoms with van der Waals surface area (Å²) in [5, 5.41) is 18.3. The number of aliphatic carboxylic acids is 1. The van der Waals surface area contributed by atoms with Crippen molar-refractivity contribution in [2.24, 2.45) is 0 Å². The fourth-order valence-corrected chi connectivity index (χ4v) is 3.12. The summed E-state index contributed by atoms with van der Waals surface area (Å²) in [6, 6.07) is 7.42. The summed E-state index contributed by atoms with van der Waals surface area (Å²) in [7, 11) is 0. The van der Waals surface area contributed by atoms with Gasteiger partial charge in [-0.25, -0.2) is 9.50 Å². The number of carbonyl (C=O) groups excluding carboxylic acids is 1. The number of benzene rings is 1. The normalized spacial score (nSPS) is 11.3. The summed E-state index contributed by atoms with van der Waals surface area (Å²) >= 11 is 0. The molecule has 0 radical (unpaired) electrons. The van der Waals surface area contributed by atoms with E-state index >= 15 is 0 Å². The number of aromatic nitrogens is 5. The van der Waals surface area contributed by atoms with Gasteiger partial charge in [0, 0.05) is 36.3 Å². The molecule has 3 aromatic heterocycles. The summed E-state index contributed by atoms with van der Waals surface area (Å²) in [4.78, 5) is 27.5. The molecule has 3 heterocycles. The average molecular weight is 363 g/mol. The first-order valence-electron chi connectivity index (χ1n) is 8.54. The molecular formula is C19H17N5O3. The van der Waals surface area contributed by atoms with E-state index in [1.807, 2.05) is 31.3 Å². The van der Waals surface area contributed by atoms with Gasteiger partial charge in [-0.1, -0.05) is 13.0 Å². The predicted molar refractivity (Wildman–Crippen MR) is 98.7 cm³/mol. The number of hydrogen-bond donors (Lipinski definition) is 1. The molecule has 1 aromatic carbocycles. The van der Waals surface area contributed by atoms with Crippen LogP contribution in [0, 0.1) is 0 Å². The third-order valence-corrected chi connectivity index (χ3v) is 4.43. The molecule has 0 aliphatic carbocycles. The molecule has 0 aliphatic heterocycles. The zero-order valence-corrected chi connectivity index (χ0v) is 14.9. The van der Waals surface area contributed by atoms with Crippen LogP contribution in [0.2, 0.25) is 0 Å². The number of carboxylic acids is 1. The molecule has 0 saturated carbocycles. The van der Waals surface area contributed by atoms with Gasteiger partial charge in [-0.2, -0.15) is 10.2 Å². The number of carbonyl (C=O) groups is 2. The first-order chi connectivity index (χ1) is 13.0. The maximum Gasteiger partial charge on any atom is 0.325 e. The van der Waals surface area contributed by atoms with Gasteiger partial charge in [0.05, 0.1) is 11.2 Å². The van der Waals surface area contributed by atoms with Crippen LogP contribution in [-0.4, -0.2) is 41.2 Å². The molecule has 4 aromatic rings. The number of fused-ring (bicyclic) bond motifs is 2. The summed E-state index contributed by atoms with van der Waals surface area (Å²) in [5.74, 6) is -1.23. The Hall–Kier alpha value is -3.55. The SMILES string of the molecule is CCc1cc2ncc(-c3ccc4c(c3)c(C(C)=O)nn4CC(=O)O)cn2n1. The van der Waals surface area contributed by atoms with Crippen LogP contribution < -0.4 is 0 Å². The van der Waals surface area contributed by atoms with Crippen LogP contribution in [-0.2, 0) is 17.8 Å². The lowest BCUT2D eigenvalue weighted by atomic mass is 10.0. The standard InChI is InChI=1S/C19H17N5O3/c1-3-14-7-17-20-8-13(9-24(17)21-14)12-4-5-16-15(6-12)19(11(2)25)22-23(16)10-18(26)27/h4-9H,3,10H2,1-2H3,(H,26,27). The third kappa shape index (κ3) is 2.95. The highest BCUT2D eigenvalue weighted by atomic mass is 16.4. The predicted octanol–water partition coefficient (Wildman–Crippen LogP) is 2.60. The van der Waals surface area contributed by atoms with Crippen LogP contribution in [0.25, 0.3) is 27.7 Å². The van der Waals surface area contributed by atoms with Gasteiger partial charge < -0.3 is 5.11 Å². The van der Waals surface area contributed by atoms with Crippen molar-refractivity contribution in [1.82, 2.24) is 24.4 Å². The average Bonchev–Trinajstić information content (AvgIpc) is 3.21. The van der Waals surface area contributed by atoms with Crippen molar-refractivity contribution in [2.45, 2.75) is 26.8 Å². The minimum Gasteiger partial charge on any atom is -0.480 e. The second-order valence-corrected chi connectivity index (χ2v) is 6.32. The van der Waals surface area contributed by atoms with E-state index < -0.39 is 5.97 Å². The van der Waals surface area contributed by atoms with E-state index in [4.69, 9.17) is 5.11 Å². The molecule has 1 N–H and O–H groups in total. The Balaban J connectivity index is 1.86. The Bertz CT molecular complexity index is 1200. The van der Waals surface area contributed by atoms with Crippen molar-refractivity contribution in [1.29, 1.82) is 0 Å². The maximum atomic E-state index is 12.0. The highest BCUT2D eigenvalue weighted by Gasteiger charge is 2.17. The smallest absolute Gasteiger partial charge is 0.325 e. The molecule has 0 bridgehead atoms. The first-order valence-corrected chi connectivity index (χ1v) is 8.54.